The lowest BCUT2D eigenvalue weighted by Gasteiger charge is -2.04. The number of nitrogens with zero attached hydrogens (tertiary/aromatic N) is 3. The van der Waals surface area contributed by atoms with E-state index in [1.807, 2.05) is 0 Å². The first-order valence-corrected chi connectivity index (χ1v) is 6.35. The molecule has 0 saturated heterocycles. The zero-order chi connectivity index (χ0) is 13.4. The Balaban J connectivity index is 2.15. The Bertz CT molecular complexity index is 726. The molecule has 0 spiro atoms. The molecule has 96 valence electrons. The summed E-state index contributed by atoms with van der Waals surface area (Å²) in [6.07, 6.45) is 4.55. The van der Waals surface area contributed by atoms with Crippen molar-refractivity contribution in [1.82, 2.24) is 14.5 Å². The molecule has 0 unspecified atom stereocenters. The molecule has 4 nitrogen and oxygen atoms in total. The minimum absolute atomic E-state index is 0.303. The molecule has 19 heavy (non-hydrogen) atoms. The number of anilines is 1. The number of hydrogen-bond donors (Lipinski definition) is 1. The van der Waals surface area contributed by atoms with Crippen LogP contribution in [0.2, 0.25) is 0 Å². The molecule has 2 aromatic heterocycles. The lowest BCUT2D eigenvalue weighted by Crippen LogP contribution is -1.95. The molecule has 3 aromatic rings. The number of hydrogen-bond acceptors (Lipinski definition) is 3. The quantitative estimate of drug-likeness (QED) is 0.763. The van der Waals surface area contributed by atoms with Gasteiger partial charge in [-0.15, -0.1) is 0 Å². The van der Waals surface area contributed by atoms with Gasteiger partial charge in [-0.25, -0.2) is 9.97 Å². The molecule has 0 aliphatic carbocycles. The van der Waals surface area contributed by atoms with Crippen LogP contribution in [0.5, 0.6) is 0 Å². The second-order valence-corrected chi connectivity index (χ2v) is 4.65. The van der Waals surface area contributed by atoms with E-state index in [1.54, 1.807) is 12.4 Å². The summed E-state index contributed by atoms with van der Waals surface area (Å²) in [7, 11) is 2.10. The first kappa shape index (κ1) is 11.7. The molecule has 0 fully saturated rings. The Morgan fingerprint density at radius 1 is 1.11 bits per heavy atom. The number of nitrogens with two attached hydrogens (primary N) is 1. The van der Waals surface area contributed by atoms with Crippen LogP contribution in [0.4, 0.5) is 5.95 Å². The lowest BCUT2D eigenvalue weighted by molar-refractivity contribution is 0.866. The topological polar surface area (TPSA) is 56.7 Å². The van der Waals surface area contributed by atoms with Crippen molar-refractivity contribution in [2.24, 2.45) is 7.05 Å². The van der Waals surface area contributed by atoms with Gasteiger partial charge in [0.15, 0.2) is 0 Å². The van der Waals surface area contributed by atoms with Crippen molar-refractivity contribution in [2.75, 3.05) is 5.73 Å². The largest absolute Gasteiger partial charge is 0.368 e. The van der Waals surface area contributed by atoms with Gasteiger partial charge in [0, 0.05) is 36.2 Å². The normalized spacial score (nSPS) is 11.1. The van der Waals surface area contributed by atoms with Crippen LogP contribution in [0.25, 0.3) is 22.0 Å². The van der Waals surface area contributed by atoms with Gasteiger partial charge < -0.3 is 10.3 Å². The maximum Gasteiger partial charge on any atom is 0.219 e. The molecular weight excluding hydrogens is 236 g/mol. The minimum atomic E-state index is 0.303. The van der Waals surface area contributed by atoms with Gasteiger partial charge >= 0.3 is 0 Å². The molecule has 0 radical (unpaired) electrons. The zero-order valence-corrected chi connectivity index (χ0v) is 11.1. The molecular formula is C15H16N4. The van der Waals surface area contributed by atoms with Crippen LogP contribution in [-0.2, 0) is 13.5 Å². The van der Waals surface area contributed by atoms with Crippen molar-refractivity contribution in [1.29, 1.82) is 0 Å². The fourth-order valence-corrected chi connectivity index (χ4v) is 2.39. The maximum absolute atomic E-state index is 5.51. The Morgan fingerprint density at radius 2 is 1.84 bits per heavy atom. The third-order valence-electron chi connectivity index (χ3n) is 3.51. The van der Waals surface area contributed by atoms with Gasteiger partial charge in [0.05, 0.1) is 0 Å². The van der Waals surface area contributed by atoms with E-state index in [2.05, 4.69) is 52.8 Å². The summed E-state index contributed by atoms with van der Waals surface area (Å²) < 4.78 is 2.23. The molecule has 0 saturated carbocycles. The predicted molar refractivity (Wildman–Crippen MR) is 77.7 cm³/mol. The van der Waals surface area contributed by atoms with E-state index in [0.717, 1.165) is 17.5 Å². The van der Waals surface area contributed by atoms with E-state index in [0.29, 0.717) is 5.95 Å². The number of aryl methyl sites for hydroxylation is 2. The maximum atomic E-state index is 5.51. The fraction of sp³-hybridized carbons (Fsp3) is 0.200. The van der Waals surface area contributed by atoms with Crippen LogP contribution in [0, 0.1) is 0 Å². The van der Waals surface area contributed by atoms with E-state index >= 15 is 0 Å². The lowest BCUT2D eigenvalue weighted by atomic mass is 10.1. The van der Waals surface area contributed by atoms with Crippen molar-refractivity contribution in [3.63, 3.8) is 0 Å². The third kappa shape index (κ3) is 1.95. The first-order valence-electron chi connectivity index (χ1n) is 6.35. The predicted octanol–water partition coefficient (Wildman–Crippen LogP) is 2.78. The summed E-state index contributed by atoms with van der Waals surface area (Å²) in [5.41, 5.74) is 10.2. The molecule has 0 atom stereocenters. The van der Waals surface area contributed by atoms with Gasteiger partial charge in [-0.2, -0.15) is 0 Å². The Morgan fingerprint density at radius 3 is 2.53 bits per heavy atom. The number of aromatic nitrogens is 3. The average molecular weight is 252 g/mol. The first-order chi connectivity index (χ1) is 9.19. The van der Waals surface area contributed by atoms with E-state index in [-0.39, 0.29) is 0 Å². The van der Waals surface area contributed by atoms with E-state index < -0.39 is 0 Å². The molecule has 2 heterocycles. The summed E-state index contributed by atoms with van der Waals surface area (Å²) in [4.78, 5) is 8.08. The molecule has 0 amide bonds. The summed E-state index contributed by atoms with van der Waals surface area (Å²) in [5, 5.41) is 1.26. The van der Waals surface area contributed by atoms with Crippen molar-refractivity contribution < 1.29 is 0 Å². The SMILES string of the molecule is CCc1cc2ccc(-c3cnc(N)nc3)cc2n1C. The number of fused-ring (bicyclic) bond motifs is 1. The molecule has 0 aliphatic heterocycles. The van der Waals surface area contributed by atoms with Crippen LogP contribution in [0.3, 0.4) is 0 Å². The number of nitrogen functional groups attached to an aromatic ring is 1. The zero-order valence-electron chi connectivity index (χ0n) is 11.1. The van der Waals surface area contributed by atoms with Crippen LogP contribution in [0.15, 0.2) is 36.7 Å². The smallest absolute Gasteiger partial charge is 0.219 e. The minimum Gasteiger partial charge on any atom is -0.368 e. The van der Waals surface area contributed by atoms with Crippen LogP contribution in [0.1, 0.15) is 12.6 Å². The monoisotopic (exact) mass is 252 g/mol. The molecule has 1 aromatic carbocycles. The Kier molecular flexibility index (Phi) is 2.71. The summed E-state index contributed by atoms with van der Waals surface area (Å²) in [5.74, 6) is 0.303. The van der Waals surface area contributed by atoms with Gasteiger partial charge in [-0.1, -0.05) is 19.1 Å². The number of rotatable bonds is 2. The average Bonchev–Trinajstić information content (AvgIpc) is 2.76. The van der Waals surface area contributed by atoms with Gasteiger partial charge in [-0.05, 0) is 29.5 Å². The van der Waals surface area contributed by atoms with E-state index in [9.17, 15) is 0 Å². The van der Waals surface area contributed by atoms with Crippen LogP contribution >= 0.6 is 0 Å². The summed E-state index contributed by atoms with van der Waals surface area (Å²) >= 11 is 0. The standard InChI is InChI=1S/C15H16N4/c1-3-13-6-11-5-4-10(7-14(11)19(13)2)12-8-17-15(16)18-9-12/h4-9H,3H2,1-2H3,(H2,16,17,18). The summed E-state index contributed by atoms with van der Waals surface area (Å²) in [6, 6.07) is 8.64. The molecule has 4 heteroatoms. The molecule has 3 rings (SSSR count). The molecule has 0 aliphatic rings. The van der Waals surface area contributed by atoms with E-state index in [4.69, 9.17) is 5.73 Å². The molecule has 2 N–H and O–H groups in total. The van der Waals surface area contributed by atoms with Gasteiger partial charge in [0.1, 0.15) is 0 Å². The highest BCUT2D eigenvalue weighted by Gasteiger charge is 2.06. The molecule has 0 bridgehead atoms. The van der Waals surface area contributed by atoms with Gasteiger partial charge in [-0.3, -0.25) is 0 Å². The second kappa shape index (κ2) is 4.39. The third-order valence-corrected chi connectivity index (χ3v) is 3.51. The Hall–Kier alpha value is -2.36. The van der Waals surface area contributed by atoms with Crippen molar-refractivity contribution in [3.05, 3.63) is 42.4 Å². The Labute approximate surface area is 111 Å². The fourth-order valence-electron chi connectivity index (χ4n) is 2.39. The van der Waals surface area contributed by atoms with Crippen LogP contribution < -0.4 is 5.73 Å². The van der Waals surface area contributed by atoms with Crippen molar-refractivity contribution in [3.8, 4) is 11.1 Å². The second-order valence-electron chi connectivity index (χ2n) is 4.65. The van der Waals surface area contributed by atoms with Crippen LogP contribution in [-0.4, -0.2) is 14.5 Å². The van der Waals surface area contributed by atoms with E-state index in [1.165, 1.54) is 16.6 Å². The van der Waals surface area contributed by atoms with Gasteiger partial charge in [0.2, 0.25) is 5.95 Å². The number of benzene rings is 1. The van der Waals surface area contributed by atoms with Gasteiger partial charge in [0.25, 0.3) is 0 Å². The van der Waals surface area contributed by atoms with Crippen molar-refractivity contribution in [2.45, 2.75) is 13.3 Å². The highest BCUT2D eigenvalue weighted by Crippen LogP contribution is 2.26. The highest BCUT2D eigenvalue weighted by molar-refractivity contribution is 5.86. The van der Waals surface area contributed by atoms with Crippen molar-refractivity contribution >= 4 is 16.9 Å². The summed E-state index contributed by atoms with van der Waals surface area (Å²) in [6.45, 7) is 2.17. The highest BCUT2D eigenvalue weighted by atomic mass is 15.0.